The number of hydrogen-bond acceptors (Lipinski definition) is 2. The van der Waals surface area contributed by atoms with E-state index in [4.69, 9.17) is 4.98 Å². The van der Waals surface area contributed by atoms with Gasteiger partial charge in [0.1, 0.15) is 5.65 Å². The lowest BCUT2D eigenvalue weighted by Crippen LogP contribution is -2.02. The van der Waals surface area contributed by atoms with Crippen LogP contribution in [0.25, 0.3) is 16.9 Å². The Hall–Kier alpha value is -1.65. The zero-order chi connectivity index (χ0) is 16.0. The van der Waals surface area contributed by atoms with Crippen LogP contribution in [-0.4, -0.2) is 14.5 Å². The average molecular weight is 371 g/mol. The van der Waals surface area contributed by atoms with Gasteiger partial charge in [-0.25, -0.2) is 4.98 Å². The van der Waals surface area contributed by atoms with E-state index in [1.165, 1.54) is 30.4 Å². The minimum Gasteiger partial charge on any atom is -0.390 e. The molecule has 118 valence electrons. The molecule has 4 rings (SSSR count). The summed E-state index contributed by atoms with van der Waals surface area (Å²) in [6, 6.07) is 8.69. The second-order valence-corrected chi connectivity index (χ2v) is 7.14. The molecule has 0 saturated carbocycles. The van der Waals surface area contributed by atoms with E-state index in [1.807, 2.05) is 16.7 Å². The molecule has 3 aromatic rings. The molecule has 1 aliphatic rings. The van der Waals surface area contributed by atoms with Gasteiger partial charge < -0.3 is 5.11 Å². The van der Waals surface area contributed by atoms with Crippen molar-refractivity contribution in [1.29, 1.82) is 0 Å². The van der Waals surface area contributed by atoms with Crippen molar-refractivity contribution in [2.75, 3.05) is 0 Å². The molecule has 3 nitrogen and oxygen atoms in total. The molecule has 0 spiro atoms. The molecule has 1 aromatic carbocycles. The van der Waals surface area contributed by atoms with Gasteiger partial charge in [-0.2, -0.15) is 0 Å². The van der Waals surface area contributed by atoms with E-state index in [1.54, 1.807) is 0 Å². The number of hydrogen-bond donors (Lipinski definition) is 1. The largest absolute Gasteiger partial charge is 0.390 e. The molecule has 0 saturated heterocycles. The van der Waals surface area contributed by atoms with Crippen molar-refractivity contribution in [2.45, 2.75) is 39.2 Å². The molecule has 0 aliphatic heterocycles. The molecular formula is C19H19BrN2O. The van der Waals surface area contributed by atoms with Crippen LogP contribution in [0, 0.1) is 6.92 Å². The first kappa shape index (κ1) is 14.9. The Morgan fingerprint density at radius 1 is 1.17 bits per heavy atom. The third kappa shape index (κ3) is 2.50. The Kier molecular flexibility index (Phi) is 3.74. The molecule has 2 heterocycles. The van der Waals surface area contributed by atoms with E-state index in [9.17, 15) is 5.11 Å². The summed E-state index contributed by atoms with van der Waals surface area (Å²) in [6.45, 7) is 2.03. The van der Waals surface area contributed by atoms with Crippen LogP contribution >= 0.6 is 15.9 Å². The molecule has 0 bridgehead atoms. The van der Waals surface area contributed by atoms with Crippen LogP contribution < -0.4 is 0 Å². The van der Waals surface area contributed by atoms with Crippen molar-refractivity contribution in [1.82, 2.24) is 9.38 Å². The van der Waals surface area contributed by atoms with Crippen LogP contribution in [0.5, 0.6) is 0 Å². The number of aromatic nitrogens is 2. The van der Waals surface area contributed by atoms with Gasteiger partial charge in [-0.15, -0.1) is 0 Å². The number of halogens is 1. The normalized spacial score (nSPS) is 14.2. The Bertz CT molecular complexity index is 898. The number of pyridine rings is 1. The third-order valence-electron chi connectivity index (χ3n) is 4.77. The standard InChI is InChI=1S/C19H19BrN2O/c1-12-8-18-21-19(17(11-23)22(18)10-16(12)20)15-7-6-13-4-2-3-5-14(13)9-15/h6-10,23H,2-5,11H2,1H3. The fourth-order valence-electron chi connectivity index (χ4n) is 3.47. The van der Waals surface area contributed by atoms with Gasteiger partial charge in [0.15, 0.2) is 0 Å². The van der Waals surface area contributed by atoms with Crippen molar-refractivity contribution >= 4 is 21.6 Å². The molecule has 1 aliphatic carbocycles. The van der Waals surface area contributed by atoms with Gasteiger partial charge in [-0.05, 0) is 77.4 Å². The van der Waals surface area contributed by atoms with Crippen LogP contribution in [-0.2, 0) is 19.4 Å². The fraction of sp³-hybridized carbons (Fsp3) is 0.316. The summed E-state index contributed by atoms with van der Waals surface area (Å²) in [6.07, 6.45) is 6.87. The zero-order valence-corrected chi connectivity index (χ0v) is 14.7. The SMILES string of the molecule is Cc1cc2nc(-c3ccc4c(c3)CCCC4)c(CO)n2cc1Br. The van der Waals surface area contributed by atoms with Gasteiger partial charge in [-0.3, -0.25) is 4.40 Å². The second kappa shape index (κ2) is 5.77. The topological polar surface area (TPSA) is 37.5 Å². The lowest BCUT2D eigenvalue weighted by molar-refractivity contribution is 0.276. The maximum atomic E-state index is 9.89. The number of imidazole rings is 1. The van der Waals surface area contributed by atoms with E-state index >= 15 is 0 Å². The molecule has 4 heteroatoms. The van der Waals surface area contributed by atoms with Crippen molar-refractivity contribution in [2.24, 2.45) is 0 Å². The predicted molar refractivity (Wildman–Crippen MR) is 95.6 cm³/mol. The van der Waals surface area contributed by atoms with Crippen LogP contribution in [0.1, 0.15) is 35.2 Å². The summed E-state index contributed by atoms with van der Waals surface area (Å²) in [5, 5.41) is 9.89. The molecule has 0 amide bonds. The van der Waals surface area contributed by atoms with Crippen LogP contribution in [0.15, 0.2) is 34.9 Å². The van der Waals surface area contributed by atoms with Gasteiger partial charge in [0.05, 0.1) is 18.0 Å². The highest BCUT2D eigenvalue weighted by molar-refractivity contribution is 9.10. The minimum atomic E-state index is -0.0247. The number of aliphatic hydroxyl groups excluding tert-OH is 1. The van der Waals surface area contributed by atoms with Crippen molar-refractivity contribution < 1.29 is 5.11 Å². The zero-order valence-electron chi connectivity index (χ0n) is 13.1. The van der Waals surface area contributed by atoms with E-state index in [0.29, 0.717) is 0 Å². The summed E-state index contributed by atoms with van der Waals surface area (Å²) in [5.41, 5.74) is 7.76. The smallest absolute Gasteiger partial charge is 0.138 e. The number of benzene rings is 1. The molecule has 23 heavy (non-hydrogen) atoms. The molecule has 0 atom stereocenters. The highest BCUT2D eigenvalue weighted by atomic mass is 79.9. The van der Waals surface area contributed by atoms with E-state index < -0.39 is 0 Å². The van der Waals surface area contributed by atoms with Gasteiger partial charge >= 0.3 is 0 Å². The van der Waals surface area contributed by atoms with Gasteiger partial charge in [0, 0.05) is 16.2 Å². The first-order valence-electron chi connectivity index (χ1n) is 8.07. The number of nitrogens with zero attached hydrogens (tertiary/aromatic N) is 2. The summed E-state index contributed by atoms with van der Waals surface area (Å²) in [5.74, 6) is 0. The monoisotopic (exact) mass is 370 g/mol. The molecule has 0 fully saturated rings. The van der Waals surface area contributed by atoms with E-state index in [2.05, 4.69) is 41.1 Å². The maximum Gasteiger partial charge on any atom is 0.138 e. The molecule has 0 unspecified atom stereocenters. The van der Waals surface area contributed by atoms with Gasteiger partial charge in [-0.1, -0.05) is 12.1 Å². The van der Waals surface area contributed by atoms with Gasteiger partial charge in [0.25, 0.3) is 0 Å². The Morgan fingerprint density at radius 2 is 1.96 bits per heavy atom. The molecule has 0 radical (unpaired) electrons. The Balaban J connectivity index is 1.91. The van der Waals surface area contributed by atoms with Crippen molar-refractivity contribution in [3.63, 3.8) is 0 Å². The lowest BCUT2D eigenvalue weighted by atomic mass is 9.90. The fourth-order valence-corrected chi connectivity index (χ4v) is 3.79. The first-order valence-corrected chi connectivity index (χ1v) is 8.87. The number of aryl methyl sites for hydroxylation is 3. The Morgan fingerprint density at radius 3 is 2.74 bits per heavy atom. The number of rotatable bonds is 2. The highest BCUT2D eigenvalue weighted by Crippen LogP contribution is 2.31. The minimum absolute atomic E-state index is 0.0247. The van der Waals surface area contributed by atoms with Crippen LogP contribution in [0.3, 0.4) is 0 Å². The van der Waals surface area contributed by atoms with Crippen LogP contribution in [0.2, 0.25) is 0 Å². The van der Waals surface area contributed by atoms with Crippen LogP contribution in [0.4, 0.5) is 0 Å². The Labute approximate surface area is 144 Å². The number of fused-ring (bicyclic) bond motifs is 2. The van der Waals surface area contributed by atoms with Crippen molar-refractivity contribution in [3.8, 4) is 11.3 Å². The summed E-state index contributed by atoms with van der Waals surface area (Å²) in [4.78, 5) is 4.79. The summed E-state index contributed by atoms with van der Waals surface area (Å²) in [7, 11) is 0. The molecule has 2 aromatic heterocycles. The lowest BCUT2D eigenvalue weighted by Gasteiger charge is -2.16. The molecular weight excluding hydrogens is 352 g/mol. The quantitative estimate of drug-likeness (QED) is 0.723. The number of aliphatic hydroxyl groups is 1. The first-order chi connectivity index (χ1) is 11.2. The second-order valence-electron chi connectivity index (χ2n) is 6.29. The third-order valence-corrected chi connectivity index (χ3v) is 5.60. The predicted octanol–water partition coefficient (Wildman–Crippen LogP) is 4.44. The average Bonchev–Trinajstić information content (AvgIpc) is 2.92. The van der Waals surface area contributed by atoms with Gasteiger partial charge in [0.2, 0.25) is 0 Å². The molecule has 1 N–H and O–H groups in total. The maximum absolute atomic E-state index is 9.89. The summed E-state index contributed by atoms with van der Waals surface area (Å²) < 4.78 is 3.00. The van der Waals surface area contributed by atoms with E-state index in [-0.39, 0.29) is 6.61 Å². The van der Waals surface area contributed by atoms with E-state index in [0.717, 1.165) is 39.1 Å². The van der Waals surface area contributed by atoms with Crippen molar-refractivity contribution in [3.05, 3.63) is 57.3 Å². The summed E-state index contributed by atoms with van der Waals surface area (Å²) >= 11 is 3.56. The highest BCUT2D eigenvalue weighted by Gasteiger charge is 2.17.